The van der Waals surface area contributed by atoms with Crippen LogP contribution in [0.4, 0.5) is 0 Å². The summed E-state index contributed by atoms with van der Waals surface area (Å²) in [4.78, 5) is 15.5. The van der Waals surface area contributed by atoms with E-state index >= 15 is 0 Å². The first-order valence-electron chi connectivity index (χ1n) is 35.5. The van der Waals surface area contributed by atoms with Crippen molar-refractivity contribution in [3.63, 3.8) is 0 Å². The molecule has 1 aliphatic rings. The minimum Gasteiger partial charge on any atom is -0.309 e. The van der Waals surface area contributed by atoms with Crippen molar-refractivity contribution in [3.8, 4) is 129 Å². The maximum atomic E-state index is 5.24. The molecule has 103 heavy (non-hydrogen) atoms. The molecule has 1 aliphatic carbocycles. The summed E-state index contributed by atoms with van der Waals surface area (Å²) in [5.41, 5.74) is 27.0. The SMILES string of the molecule is C1=c2ccccc2=C(c2ccc3c(-c4cc(-c5cc(-c6ccccc6)cc(-c6ccccc6)c5)cc(-c5ccc6c(c5)c5cc(-c7ccccc7-c7ccccc7-c7nc(-c8ccccc8)nc(-c8ccccc8)n7)ccc5n6-c5ccccc5)c4)ccc(-c4cccc5ccccc45)c3c2)CC1. The molecule has 19 rings (SSSR count). The molecule has 0 saturated heterocycles. The molecule has 4 nitrogen and oxygen atoms in total. The van der Waals surface area contributed by atoms with E-state index in [0.29, 0.717) is 17.5 Å². The van der Waals surface area contributed by atoms with Crippen LogP contribution in [0.2, 0.25) is 0 Å². The van der Waals surface area contributed by atoms with Crippen LogP contribution < -0.4 is 10.4 Å². The minimum atomic E-state index is 0.610. The van der Waals surface area contributed by atoms with Crippen LogP contribution in [0.1, 0.15) is 18.4 Å². The Hall–Kier alpha value is -13.4. The second-order valence-corrected chi connectivity index (χ2v) is 26.9. The molecule has 2 heterocycles. The molecule has 0 bridgehead atoms. The van der Waals surface area contributed by atoms with Crippen LogP contribution in [0, 0.1) is 0 Å². The maximum absolute atomic E-state index is 5.24. The zero-order valence-corrected chi connectivity index (χ0v) is 56.5. The Kier molecular flexibility index (Phi) is 15.4. The molecule has 16 aromatic carbocycles. The standard InChI is InChI=1S/C99H66N4/c1-6-26-65(27-7-1)74-56-75(66-28-8-2-9-29-66)58-77(57-74)78-59-76(60-79(61-78)85-52-53-90(87-47-25-37-68-31-17-19-41-82(68)87)92-63-72(48-51-89(85)92)83-46-24-36-67-30-16-18-40-81(67)83)71-49-54-95-93(62-71)94-64-73(50-55-96(94)103(95)80-38-14-5-15-39-80)84-42-20-21-43-86(84)88-44-22-23-45-91(88)99-101-97(69-32-10-3-11-33-69)100-98(102-99)70-34-12-4-13-35-70/h1-23,25-45,47-64H,24,46H2. The van der Waals surface area contributed by atoms with Crippen LogP contribution in [-0.4, -0.2) is 19.5 Å². The van der Waals surface area contributed by atoms with Gasteiger partial charge in [-0.3, -0.25) is 0 Å². The largest absolute Gasteiger partial charge is 0.309 e. The highest BCUT2D eigenvalue weighted by atomic mass is 15.0. The fourth-order valence-corrected chi connectivity index (χ4v) is 15.8. The summed E-state index contributed by atoms with van der Waals surface area (Å²) in [7, 11) is 0. The molecule has 482 valence electrons. The van der Waals surface area contributed by atoms with Crippen LogP contribution in [0.5, 0.6) is 0 Å². The van der Waals surface area contributed by atoms with Gasteiger partial charge in [-0.2, -0.15) is 0 Å². The van der Waals surface area contributed by atoms with Crippen molar-refractivity contribution in [1.82, 2.24) is 19.5 Å². The van der Waals surface area contributed by atoms with Gasteiger partial charge in [0.25, 0.3) is 0 Å². The summed E-state index contributed by atoms with van der Waals surface area (Å²) in [6.07, 6.45) is 4.38. The Morgan fingerprint density at radius 2 is 0.660 bits per heavy atom. The third-order valence-corrected chi connectivity index (χ3v) is 20.7. The number of hydrogen-bond acceptors (Lipinski definition) is 3. The summed E-state index contributed by atoms with van der Waals surface area (Å²) in [5, 5.41) is 9.84. The Morgan fingerprint density at radius 3 is 1.31 bits per heavy atom. The van der Waals surface area contributed by atoms with Crippen LogP contribution in [0.25, 0.3) is 184 Å². The van der Waals surface area contributed by atoms with Crippen LogP contribution in [-0.2, 0) is 0 Å². The molecule has 2 aromatic heterocycles. The minimum absolute atomic E-state index is 0.610. The average molecular weight is 1310 g/mol. The molecule has 0 fully saturated rings. The molecule has 0 spiro atoms. The average Bonchev–Trinajstić information content (AvgIpc) is 1.69. The van der Waals surface area contributed by atoms with E-state index < -0.39 is 0 Å². The van der Waals surface area contributed by atoms with Gasteiger partial charge in [0.15, 0.2) is 17.5 Å². The van der Waals surface area contributed by atoms with Gasteiger partial charge in [0.1, 0.15) is 0 Å². The summed E-state index contributed by atoms with van der Waals surface area (Å²) in [5.74, 6) is 1.86. The van der Waals surface area contributed by atoms with E-state index in [9.17, 15) is 0 Å². The number of nitrogens with zero attached hydrogens (tertiary/aromatic N) is 4. The Balaban J connectivity index is 0.820. The van der Waals surface area contributed by atoms with Gasteiger partial charge >= 0.3 is 0 Å². The predicted molar refractivity (Wildman–Crippen MR) is 431 cm³/mol. The van der Waals surface area contributed by atoms with E-state index in [-0.39, 0.29) is 0 Å². The lowest BCUT2D eigenvalue weighted by molar-refractivity contribution is 1.07. The summed E-state index contributed by atoms with van der Waals surface area (Å²) in [6.45, 7) is 0. The Morgan fingerprint density at radius 1 is 0.223 bits per heavy atom. The van der Waals surface area contributed by atoms with E-state index in [4.69, 9.17) is 15.0 Å². The molecule has 0 saturated carbocycles. The van der Waals surface area contributed by atoms with Gasteiger partial charge in [-0.15, -0.1) is 0 Å². The van der Waals surface area contributed by atoms with E-state index in [1.54, 1.807) is 0 Å². The second-order valence-electron chi connectivity index (χ2n) is 26.9. The van der Waals surface area contributed by atoms with Crippen LogP contribution in [0.15, 0.2) is 370 Å². The summed E-state index contributed by atoms with van der Waals surface area (Å²) >= 11 is 0. The van der Waals surface area contributed by atoms with Crippen molar-refractivity contribution in [2.24, 2.45) is 0 Å². The third kappa shape index (κ3) is 11.3. The first-order chi connectivity index (χ1) is 51.0. The van der Waals surface area contributed by atoms with Crippen LogP contribution >= 0.6 is 0 Å². The molecular weight excluding hydrogens is 1250 g/mol. The Labute approximate surface area is 598 Å². The van der Waals surface area contributed by atoms with Crippen molar-refractivity contribution in [2.75, 3.05) is 0 Å². The molecule has 0 N–H and O–H groups in total. The van der Waals surface area contributed by atoms with Crippen molar-refractivity contribution in [2.45, 2.75) is 12.8 Å². The first-order valence-corrected chi connectivity index (χ1v) is 35.5. The topological polar surface area (TPSA) is 43.6 Å². The van der Waals surface area contributed by atoms with Gasteiger partial charge in [-0.05, 0) is 224 Å². The molecule has 0 aliphatic heterocycles. The number of rotatable bonds is 13. The normalized spacial score (nSPS) is 12.1. The quantitative estimate of drug-likeness (QED) is 0.116. The number of para-hydroxylation sites is 1. The zero-order valence-electron chi connectivity index (χ0n) is 56.5. The monoisotopic (exact) mass is 1310 g/mol. The lowest BCUT2D eigenvalue weighted by atomic mass is 9.85. The van der Waals surface area contributed by atoms with E-state index in [2.05, 4.69) is 344 Å². The second kappa shape index (κ2) is 26.0. The molecule has 0 atom stereocenters. The van der Waals surface area contributed by atoms with Crippen molar-refractivity contribution in [3.05, 3.63) is 386 Å². The smallest absolute Gasteiger partial charge is 0.164 e. The highest BCUT2D eigenvalue weighted by molar-refractivity contribution is 6.14. The number of fused-ring (bicyclic) bond motifs is 6. The Bertz CT molecular complexity index is 6340. The van der Waals surface area contributed by atoms with Crippen molar-refractivity contribution >= 4 is 55.0 Å². The van der Waals surface area contributed by atoms with Gasteiger partial charge in [0.05, 0.1) is 11.0 Å². The lowest BCUT2D eigenvalue weighted by Crippen LogP contribution is -2.29. The number of benzene rings is 16. The molecule has 0 amide bonds. The number of hydrogen-bond donors (Lipinski definition) is 0. The van der Waals surface area contributed by atoms with E-state index in [1.165, 1.54) is 70.9 Å². The van der Waals surface area contributed by atoms with Gasteiger partial charge in [-0.1, -0.05) is 297 Å². The predicted octanol–water partition coefficient (Wildman–Crippen LogP) is 24.4. The highest BCUT2D eigenvalue weighted by Gasteiger charge is 2.23. The summed E-state index contributed by atoms with van der Waals surface area (Å²) in [6, 6.07) is 135. The molecular formula is C99H66N4. The zero-order chi connectivity index (χ0) is 68.2. The fourth-order valence-electron chi connectivity index (χ4n) is 15.8. The molecule has 4 heteroatoms. The van der Waals surface area contributed by atoms with E-state index in [0.717, 1.165) is 118 Å². The lowest BCUT2D eigenvalue weighted by Gasteiger charge is -2.19. The third-order valence-electron chi connectivity index (χ3n) is 20.7. The van der Waals surface area contributed by atoms with Gasteiger partial charge < -0.3 is 4.57 Å². The number of aromatic nitrogens is 4. The maximum Gasteiger partial charge on any atom is 0.164 e. The van der Waals surface area contributed by atoms with Crippen molar-refractivity contribution in [1.29, 1.82) is 0 Å². The molecule has 0 unspecified atom stereocenters. The van der Waals surface area contributed by atoms with Crippen LogP contribution in [0.3, 0.4) is 0 Å². The van der Waals surface area contributed by atoms with E-state index in [1.807, 2.05) is 36.4 Å². The fraction of sp³-hybridized carbons (Fsp3) is 0.0202. The summed E-state index contributed by atoms with van der Waals surface area (Å²) < 4.78 is 2.43. The molecule has 18 aromatic rings. The van der Waals surface area contributed by atoms with Crippen molar-refractivity contribution < 1.29 is 0 Å². The van der Waals surface area contributed by atoms with Gasteiger partial charge in [0, 0.05) is 33.2 Å². The molecule has 0 radical (unpaired) electrons. The highest BCUT2D eigenvalue weighted by Crippen LogP contribution is 2.46. The van der Waals surface area contributed by atoms with Gasteiger partial charge in [-0.25, -0.2) is 15.0 Å². The van der Waals surface area contributed by atoms with Gasteiger partial charge in [0.2, 0.25) is 0 Å². The first kappa shape index (κ1) is 60.7.